The van der Waals surface area contributed by atoms with Crippen LogP contribution in [0.25, 0.3) is 0 Å². The van der Waals surface area contributed by atoms with Crippen LogP contribution in [0.2, 0.25) is 0 Å². The lowest BCUT2D eigenvalue weighted by Gasteiger charge is -2.20. The summed E-state index contributed by atoms with van der Waals surface area (Å²) >= 11 is 1.69. The minimum Gasteiger partial charge on any atom is -0.342 e. The first-order valence-corrected chi connectivity index (χ1v) is 8.93. The van der Waals surface area contributed by atoms with Gasteiger partial charge < -0.3 is 10.2 Å². The van der Waals surface area contributed by atoms with Crippen LogP contribution in [0.3, 0.4) is 0 Å². The highest BCUT2D eigenvalue weighted by atomic mass is 32.2. The number of hydrogen-bond acceptors (Lipinski definition) is 4. The molecule has 5 heteroatoms. The SMILES string of the molecule is O=C(CSCc1cccnc1)N1CC[C@@H]2CNC[C@@H]2CC1. The van der Waals surface area contributed by atoms with Crippen LogP contribution in [0.5, 0.6) is 0 Å². The molecule has 0 aliphatic carbocycles. The zero-order valence-corrected chi connectivity index (χ0v) is 13.1. The van der Waals surface area contributed by atoms with Crippen molar-refractivity contribution in [2.24, 2.45) is 11.8 Å². The van der Waals surface area contributed by atoms with Crippen LogP contribution in [0.1, 0.15) is 18.4 Å². The molecule has 4 nitrogen and oxygen atoms in total. The highest BCUT2D eigenvalue weighted by Crippen LogP contribution is 2.27. The zero-order valence-electron chi connectivity index (χ0n) is 12.3. The molecule has 1 amide bonds. The standard InChI is InChI=1S/C16H23N3OS/c20-16(12-21-11-13-2-1-5-17-8-13)19-6-3-14-9-18-10-15(14)4-7-19/h1-2,5,8,14-15,18H,3-4,6-7,9-12H2/t14-,15+. The molecule has 0 aromatic carbocycles. The highest BCUT2D eigenvalue weighted by Gasteiger charge is 2.31. The molecule has 0 bridgehead atoms. The fourth-order valence-corrected chi connectivity index (χ4v) is 4.16. The quantitative estimate of drug-likeness (QED) is 0.921. The predicted octanol–water partition coefficient (Wildman–Crippen LogP) is 1.77. The first-order valence-electron chi connectivity index (χ1n) is 7.78. The molecule has 0 radical (unpaired) electrons. The van der Waals surface area contributed by atoms with Crippen molar-refractivity contribution in [1.29, 1.82) is 0 Å². The number of nitrogens with one attached hydrogen (secondary N) is 1. The van der Waals surface area contributed by atoms with Crippen molar-refractivity contribution in [2.45, 2.75) is 18.6 Å². The van der Waals surface area contributed by atoms with E-state index in [-0.39, 0.29) is 0 Å². The van der Waals surface area contributed by atoms with Gasteiger partial charge in [0.25, 0.3) is 0 Å². The van der Waals surface area contributed by atoms with Crippen molar-refractivity contribution in [2.75, 3.05) is 31.9 Å². The summed E-state index contributed by atoms with van der Waals surface area (Å²) in [5.74, 6) is 3.32. The minimum atomic E-state index is 0.303. The number of pyridine rings is 1. The molecule has 0 spiro atoms. The van der Waals surface area contributed by atoms with Crippen LogP contribution in [-0.2, 0) is 10.5 Å². The van der Waals surface area contributed by atoms with Gasteiger partial charge >= 0.3 is 0 Å². The van der Waals surface area contributed by atoms with Crippen molar-refractivity contribution < 1.29 is 4.79 Å². The van der Waals surface area contributed by atoms with Crippen molar-refractivity contribution in [1.82, 2.24) is 15.2 Å². The third kappa shape index (κ3) is 3.98. The van der Waals surface area contributed by atoms with Crippen molar-refractivity contribution in [3.8, 4) is 0 Å². The first-order chi connectivity index (χ1) is 10.3. The number of aromatic nitrogens is 1. The van der Waals surface area contributed by atoms with Gasteiger partial charge in [-0.2, -0.15) is 0 Å². The summed E-state index contributed by atoms with van der Waals surface area (Å²) in [6.45, 7) is 4.16. The molecule has 2 atom stereocenters. The van der Waals surface area contributed by atoms with E-state index in [0.717, 1.165) is 56.6 Å². The third-order valence-electron chi connectivity index (χ3n) is 4.59. The van der Waals surface area contributed by atoms with Gasteiger partial charge in [-0.1, -0.05) is 6.07 Å². The van der Waals surface area contributed by atoms with Gasteiger partial charge in [-0.3, -0.25) is 9.78 Å². The lowest BCUT2D eigenvalue weighted by atomic mass is 9.92. The Balaban J connectivity index is 1.43. The molecule has 3 heterocycles. The number of hydrogen-bond donors (Lipinski definition) is 1. The fraction of sp³-hybridized carbons (Fsp3) is 0.625. The van der Waals surface area contributed by atoms with Crippen LogP contribution in [-0.4, -0.2) is 47.7 Å². The summed E-state index contributed by atoms with van der Waals surface area (Å²) in [7, 11) is 0. The number of amides is 1. The predicted molar refractivity (Wildman–Crippen MR) is 86.1 cm³/mol. The minimum absolute atomic E-state index is 0.303. The molecule has 2 aliphatic heterocycles. The second-order valence-electron chi connectivity index (χ2n) is 5.99. The summed E-state index contributed by atoms with van der Waals surface area (Å²) in [5.41, 5.74) is 1.19. The molecule has 0 saturated carbocycles. The maximum absolute atomic E-state index is 12.3. The second kappa shape index (κ2) is 7.27. The van der Waals surface area contributed by atoms with Gasteiger partial charge in [0.05, 0.1) is 5.75 Å². The molecule has 1 aromatic heterocycles. The average Bonchev–Trinajstić information content (AvgIpc) is 2.87. The van der Waals surface area contributed by atoms with Crippen LogP contribution in [0.15, 0.2) is 24.5 Å². The number of carbonyl (C=O) groups excluding carboxylic acids is 1. The van der Waals surface area contributed by atoms with Crippen LogP contribution >= 0.6 is 11.8 Å². The topological polar surface area (TPSA) is 45.2 Å². The van der Waals surface area contributed by atoms with Gasteiger partial charge in [-0.15, -0.1) is 11.8 Å². The molecular formula is C16H23N3OS. The molecule has 0 unspecified atom stereocenters. The number of rotatable bonds is 4. The number of carbonyl (C=O) groups is 1. The van der Waals surface area contributed by atoms with E-state index in [9.17, 15) is 4.79 Å². The first kappa shape index (κ1) is 14.9. The van der Waals surface area contributed by atoms with E-state index in [1.165, 1.54) is 5.56 Å². The lowest BCUT2D eigenvalue weighted by molar-refractivity contribution is -0.128. The lowest BCUT2D eigenvalue weighted by Crippen LogP contribution is -2.34. The van der Waals surface area contributed by atoms with Gasteiger partial charge in [0.1, 0.15) is 0 Å². The van der Waals surface area contributed by atoms with E-state index in [4.69, 9.17) is 0 Å². The van der Waals surface area contributed by atoms with E-state index < -0.39 is 0 Å². The van der Waals surface area contributed by atoms with Crippen LogP contribution in [0.4, 0.5) is 0 Å². The molecular weight excluding hydrogens is 282 g/mol. The Bertz CT molecular complexity index is 454. The Morgan fingerprint density at radius 2 is 2.10 bits per heavy atom. The Morgan fingerprint density at radius 3 is 2.76 bits per heavy atom. The van der Waals surface area contributed by atoms with Crippen molar-refractivity contribution in [3.05, 3.63) is 30.1 Å². The molecule has 114 valence electrons. The largest absolute Gasteiger partial charge is 0.342 e. The number of thioether (sulfide) groups is 1. The molecule has 3 rings (SSSR count). The van der Waals surface area contributed by atoms with Crippen LogP contribution < -0.4 is 5.32 Å². The Morgan fingerprint density at radius 1 is 1.33 bits per heavy atom. The zero-order chi connectivity index (χ0) is 14.5. The molecule has 2 aliphatic rings. The van der Waals surface area contributed by atoms with E-state index in [2.05, 4.69) is 21.3 Å². The summed E-state index contributed by atoms with van der Waals surface area (Å²) in [4.78, 5) is 18.5. The Kier molecular flexibility index (Phi) is 5.14. The number of nitrogens with zero attached hydrogens (tertiary/aromatic N) is 2. The summed E-state index contributed by atoms with van der Waals surface area (Å²) in [6, 6.07) is 4.00. The smallest absolute Gasteiger partial charge is 0.232 e. The summed E-state index contributed by atoms with van der Waals surface area (Å²) < 4.78 is 0. The molecule has 1 aromatic rings. The van der Waals surface area contributed by atoms with Gasteiger partial charge in [-0.05, 0) is 49.4 Å². The molecule has 2 fully saturated rings. The maximum Gasteiger partial charge on any atom is 0.232 e. The normalized spacial score (nSPS) is 25.4. The number of likely N-dealkylation sites (tertiary alicyclic amines) is 1. The molecule has 2 saturated heterocycles. The molecule has 21 heavy (non-hydrogen) atoms. The van der Waals surface area contributed by atoms with E-state index in [0.29, 0.717) is 11.7 Å². The van der Waals surface area contributed by atoms with Crippen molar-refractivity contribution in [3.63, 3.8) is 0 Å². The van der Waals surface area contributed by atoms with E-state index >= 15 is 0 Å². The monoisotopic (exact) mass is 305 g/mol. The van der Waals surface area contributed by atoms with Crippen molar-refractivity contribution >= 4 is 17.7 Å². The van der Waals surface area contributed by atoms with Gasteiger partial charge in [0.2, 0.25) is 5.91 Å². The van der Waals surface area contributed by atoms with Gasteiger partial charge in [-0.25, -0.2) is 0 Å². The Labute approximate surface area is 130 Å². The van der Waals surface area contributed by atoms with Gasteiger partial charge in [0.15, 0.2) is 0 Å². The third-order valence-corrected chi connectivity index (χ3v) is 5.58. The fourth-order valence-electron chi connectivity index (χ4n) is 3.30. The average molecular weight is 305 g/mol. The van der Waals surface area contributed by atoms with E-state index in [1.807, 2.05) is 12.3 Å². The Hall–Kier alpha value is -1.07. The second-order valence-corrected chi connectivity index (χ2v) is 6.98. The summed E-state index contributed by atoms with van der Waals surface area (Å²) in [6.07, 6.45) is 5.98. The number of fused-ring (bicyclic) bond motifs is 1. The van der Waals surface area contributed by atoms with Crippen LogP contribution in [0, 0.1) is 11.8 Å². The highest BCUT2D eigenvalue weighted by molar-refractivity contribution is 7.99. The summed E-state index contributed by atoms with van der Waals surface area (Å²) in [5, 5.41) is 3.48. The van der Waals surface area contributed by atoms with Gasteiger partial charge in [0, 0.05) is 31.2 Å². The maximum atomic E-state index is 12.3. The van der Waals surface area contributed by atoms with E-state index in [1.54, 1.807) is 18.0 Å². The molecule has 1 N–H and O–H groups in total.